The van der Waals surface area contributed by atoms with Crippen molar-refractivity contribution in [2.24, 2.45) is 5.92 Å². The van der Waals surface area contributed by atoms with Crippen molar-refractivity contribution < 1.29 is 14.3 Å². The number of benzene rings is 3. The number of likely N-dealkylation sites (tertiary alicyclic amines) is 1. The van der Waals surface area contributed by atoms with Crippen LogP contribution in [0.15, 0.2) is 60.7 Å². The molecule has 0 saturated carbocycles. The Kier molecular flexibility index (Phi) is 6.42. The van der Waals surface area contributed by atoms with Crippen molar-refractivity contribution in [1.29, 1.82) is 0 Å². The van der Waals surface area contributed by atoms with Crippen molar-refractivity contribution >= 4 is 34.2 Å². The lowest BCUT2D eigenvalue weighted by atomic mass is 9.95. The molecule has 6 heteroatoms. The Morgan fingerprint density at radius 3 is 2.58 bits per heavy atom. The largest absolute Gasteiger partial charge is 0.496 e. The minimum absolute atomic E-state index is 0.0444. The van der Waals surface area contributed by atoms with E-state index in [4.69, 9.17) is 16.3 Å². The number of piperidine rings is 1. The molecule has 2 amide bonds. The number of ether oxygens (including phenoxy) is 1. The highest BCUT2D eigenvalue weighted by Crippen LogP contribution is 2.30. The molecule has 0 bridgehead atoms. The van der Waals surface area contributed by atoms with Crippen molar-refractivity contribution in [2.45, 2.75) is 19.4 Å². The Bertz CT molecular complexity index is 1110. The van der Waals surface area contributed by atoms with Crippen molar-refractivity contribution in [1.82, 2.24) is 10.2 Å². The molecule has 3 aromatic rings. The minimum atomic E-state index is -0.232. The fraction of sp³-hybridized carbons (Fsp3) is 0.280. The van der Waals surface area contributed by atoms with E-state index in [2.05, 4.69) is 5.32 Å². The van der Waals surface area contributed by atoms with Gasteiger partial charge in [0.15, 0.2) is 0 Å². The standard InChI is InChI=1S/C25H25ClN2O3/c1-31-23-13-12-21(19-9-3-4-10-20(19)23)25(30)28-14-6-8-18(16-28)24(29)27-15-17-7-2-5-11-22(17)26/h2-5,7,9-13,18H,6,8,14-16H2,1H3,(H,27,29)/t18-/m0/s1. The summed E-state index contributed by atoms with van der Waals surface area (Å²) in [5.41, 5.74) is 1.51. The van der Waals surface area contributed by atoms with E-state index in [1.54, 1.807) is 12.0 Å². The first kappa shape index (κ1) is 21.2. The van der Waals surface area contributed by atoms with E-state index in [0.29, 0.717) is 30.2 Å². The third-order valence-electron chi connectivity index (χ3n) is 5.82. The predicted octanol–water partition coefficient (Wildman–Crippen LogP) is 4.67. The van der Waals surface area contributed by atoms with Crippen LogP contribution >= 0.6 is 11.6 Å². The number of amides is 2. The molecule has 1 aliphatic rings. The summed E-state index contributed by atoms with van der Waals surface area (Å²) in [6.45, 7) is 1.44. The fourth-order valence-electron chi connectivity index (χ4n) is 4.15. The number of fused-ring (bicyclic) bond motifs is 1. The summed E-state index contributed by atoms with van der Waals surface area (Å²) < 4.78 is 5.44. The van der Waals surface area contributed by atoms with E-state index in [9.17, 15) is 9.59 Å². The Hall–Kier alpha value is -3.05. The van der Waals surface area contributed by atoms with Gasteiger partial charge in [-0.15, -0.1) is 0 Å². The third kappa shape index (κ3) is 4.52. The van der Waals surface area contributed by atoms with Crippen LogP contribution in [0.1, 0.15) is 28.8 Å². The maximum absolute atomic E-state index is 13.3. The number of carbonyl (C=O) groups is 2. The van der Waals surface area contributed by atoms with E-state index in [1.165, 1.54) is 0 Å². The summed E-state index contributed by atoms with van der Waals surface area (Å²) in [4.78, 5) is 27.9. The summed E-state index contributed by atoms with van der Waals surface area (Å²) in [5, 5.41) is 5.37. The van der Waals surface area contributed by atoms with Crippen LogP contribution in [0.25, 0.3) is 10.8 Å². The topological polar surface area (TPSA) is 58.6 Å². The van der Waals surface area contributed by atoms with Crippen LogP contribution < -0.4 is 10.1 Å². The van der Waals surface area contributed by atoms with Gasteiger partial charge in [-0.1, -0.05) is 54.1 Å². The summed E-state index contributed by atoms with van der Waals surface area (Å²) in [5.74, 6) is 0.409. The number of halogens is 1. The number of hydrogen-bond acceptors (Lipinski definition) is 3. The molecular weight excluding hydrogens is 412 g/mol. The fourth-order valence-corrected chi connectivity index (χ4v) is 4.35. The quantitative estimate of drug-likeness (QED) is 0.632. The first-order chi connectivity index (χ1) is 15.1. The van der Waals surface area contributed by atoms with Crippen LogP contribution in [-0.2, 0) is 11.3 Å². The van der Waals surface area contributed by atoms with E-state index in [1.807, 2.05) is 60.7 Å². The van der Waals surface area contributed by atoms with E-state index >= 15 is 0 Å². The molecule has 0 radical (unpaired) electrons. The Morgan fingerprint density at radius 2 is 1.81 bits per heavy atom. The Labute approximate surface area is 186 Å². The van der Waals surface area contributed by atoms with Gasteiger partial charge >= 0.3 is 0 Å². The number of hydrogen-bond donors (Lipinski definition) is 1. The lowest BCUT2D eigenvalue weighted by Gasteiger charge is -2.32. The molecule has 0 unspecified atom stereocenters. The van der Waals surface area contributed by atoms with Crippen LogP contribution in [0, 0.1) is 5.92 Å². The number of carbonyl (C=O) groups excluding carboxylic acids is 2. The molecule has 1 heterocycles. The maximum Gasteiger partial charge on any atom is 0.254 e. The molecule has 3 aromatic carbocycles. The maximum atomic E-state index is 13.3. The van der Waals surface area contributed by atoms with Crippen LogP contribution in [0.2, 0.25) is 5.02 Å². The molecule has 1 atom stereocenters. The van der Waals surface area contributed by atoms with Gasteiger partial charge in [0.25, 0.3) is 5.91 Å². The van der Waals surface area contributed by atoms with E-state index in [0.717, 1.165) is 34.9 Å². The van der Waals surface area contributed by atoms with Gasteiger partial charge in [-0.05, 0) is 42.0 Å². The average Bonchev–Trinajstić information content (AvgIpc) is 2.82. The second kappa shape index (κ2) is 9.40. The summed E-state index contributed by atoms with van der Waals surface area (Å²) in [6.07, 6.45) is 1.56. The molecule has 1 N–H and O–H groups in total. The molecule has 1 fully saturated rings. The first-order valence-electron chi connectivity index (χ1n) is 10.4. The van der Waals surface area contributed by atoms with Gasteiger partial charge in [-0.25, -0.2) is 0 Å². The van der Waals surface area contributed by atoms with Crippen molar-refractivity contribution in [3.05, 3.63) is 76.8 Å². The zero-order valence-electron chi connectivity index (χ0n) is 17.4. The normalized spacial score (nSPS) is 16.2. The van der Waals surface area contributed by atoms with Gasteiger partial charge in [0.1, 0.15) is 5.75 Å². The van der Waals surface area contributed by atoms with Gasteiger partial charge < -0.3 is 15.0 Å². The molecule has 4 rings (SSSR count). The molecule has 1 aliphatic heterocycles. The molecule has 31 heavy (non-hydrogen) atoms. The van der Waals surface area contributed by atoms with Gasteiger partial charge in [0, 0.05) is 35.6 Å². The SMILES string of the molecule is COc1ccc(C(=O)N2CCC[C@H](C(=O)NCc3ccccc3Cl)C2)c2ccccc12. The van der Waals surface area contributed by atoms with Gasteiger partial charge in [-0.2, -0.15) is 0 Å². The van der Waals surface area contributed by atoms with Crippen LogP contribution in [0.4, 0.5) is 0 Å². The van der Waals surface area contributed by atoms with Crippen LogP contribution in [0.3, 0.4) is 0 Å². The number of rotatable bonds is 5. The second-order valence-electron chi connectivity index (χ2n) is 7.76. The van der Waals surface area contributed by atoms with E-state index in [-0.39, 0.29) is 17.7 Å². The molecule has 0 aliphatic carbocycles. The highest BCUT2D eigenvalue weighted by Gasteiger charge is 2.29. The van der Waals surface area contributed by atoms with Crippen LogP contribution in [0.5, 0.6) is 5.75 Å². The third-order valence-corrected chi connectivity index (χ3v) is 6.19. The van der Waals surface area contributed by atoms with Gasteiger partial charge in [0.05, 0.1) is 13.0 Å². The summed E-state index contributed by atoms with van der Waals surface area (Å²) >= 11 is 6.18. The number of nitrogens with zero attached hydrogens (tertiary/aromatic N) is 1. The highest BCUT2D eigenvalue weighted by atomic mass is 35.5. The smallest absolute Gasteiger partial charge is 0.254 e. The number of methoxy groups -OCH3 is 1. The molecule has 5 nitrogen and oxygen atoms in total. The Balaban J connectivity index is 1.47. The van der Waals surface area contributed by atoms with Crippen LogP contribution in [-0.4, -0.2) is 36.9 Å². The van der Waals surface area contributed by atoms with E-state index < -0.39 is 0 Å². The summed E-state index contributed by atoms with van der Waals surface area (Å²) in [6, 6.07) is 18.8. The molecule has 0 spiro atoms. The molecular formula is C25H25ClN2O3. The van der Waals surface area contributed by atoms with Crippen molar-refractivity contribution in [3.63, 3.8) is 0 Å². The zero-order valence-corrected chi connectivity index (χ0v) is 18.2. The molecule has 0 aromatic heterocycles. The van der Waals surface area contributed by atoms with Crippen molar-refractivity contribution in [2.75, 3.05) is 20.2 Å². The average molecular weight is 437 g/mol. The minimum Gasteiger partial charge on any atom is -0.496 e. The lowest BCUT2D eigenvalue weighted by molar-refractivity contribution is -0.126. The van der Waals surface area contributed by atoms with Gasteiger partial charge in [-0.3, -0.25) is 9.59 Å². The molecule has 1 saturated heterocycles. The predicted molar refractivity (Wildman–Crippen MR) is 122 cm³/mol. The van der Waals surface area contributed by atoms with Crippen molar-refractivity contribution in [3.8, 4) is 5.75 Å². The van der Waals surface area contributed by atoms with Gasteiger partial charge in [0.2, 0.25) is 5.91 Å². The molecule has 160 valence electrons. The number of nitrogens with one attached hydrogen (secondary N) is 1. The summed E-state index contributed by atoms with van der Waals surface area (Å²) in [7, 11) is 1.62. The highest BCUT2D eigenvalue weighted by molar-refractivity contribution is 6.31. The monoisotopic (exact) mass is 436 g/mol. The lowest BCUT2D eigenvalue weighted by Crippen LogP contribution is -2.45. The Morgan fingerprint density at radius 1 is 1.06 bits per heavy atom. The zero-order chi connectivity index (χ0) is 21.8. The first-order valence-corrected chi connectivity index (χ1v) is 10.8. The second-order valence-corrected chi connectivity index (χ2v) is 8.17.